The van der Waals surface area contributed by atoms with Gasteiger partial charge >= 0.3 is 0 Å². The topological polar surface area (TPSA) is 62.2 Å². The summed E-state index contributed by atoms with van der Waals surface area (Å²) in [6, 6.07) is 12.6. The van der Waals surface area contributed by atoms with E-state index in [0.29, 0.717) is 12.5 Å². The van der Waals surface area contributed by atoms with E-state index >= 15 is 0 Å². The average Bonchev–Trinajstić information content (AvgIpc) is 3.21. The van der Waals surface area contributed by atoms with Crippen LogP contribution < -0.4 is 4.90 Å². The second-order valence-corrected chi connectivity index (χ2v) is 9.42. The van der Waals surface area contributed by atoms with Crippen LogP contribution in [0, 0.1) is 18.7 Å². The third-order valence-electron chi connectivity index (χ3n) is 6.05. The maximum atomic E-state index is 13.5. The van der Waals surface area contributed by atoms with Gasteiger partial charge in [-0.25, -0.2) is 19.3 Å². The Balaban J connectivity index is 1.23. The minimum Gasteiger partial charge on any atom is -0.341 e. The van der Waals surface area contributed by atoms with E-state index < -0.39 is 0 Å². The van der Waals surface area contributed by atoms with Gasteiger partial charge in [0, 0.05) is 31.4 Å². The average molecular weight is 450 g/mol. The van der Waals surface area contributed by atoms with Crippen molar-refractivity contribution in [3.8, 4) is 0 Å². The number of aromatic nitrogens is 3. The Kier molecular flexibility index (Phi) is 5.46. The molecule has 0 aliphatic carbocycles. The molecule has 2 aromatic carbocycles. The zero-order valence-electron chi connectivity index (χ0n) is 18.1. The monoisotopic (exact) mass is 449 g/mol. The molecule has 0 atom stereocenters. The number of benzene rings is 2. The van der Waals surface area contributed by atoms with Crippen LogP contribution in [0.3, 0.4) is 0 Å². The first-order valence-electron chi connectivity index (χ1n) is 10.8. The highest BCUT2D eigenvalue weighted by molar-refractivity contribution is 7.18. The van der Waals surface area contributed by atoms with Crippen molar-refractivity contribution >= 4 is 44.3 Å². The van der Waals surface area contributed by atoms with Crippen LogP contribution in [0.4, 0.5) is 10.3 Å². The summed E-state index contributed by atoms with van der Waals surface area (Å²) in [7, 11) is 1.86. The lowest BCUT2D eigenvalue weighted by atomic mass is 9.95. The highest BCUT2D eigenvalue weighted by Crippen LogP contribution is 2.27. The number of piperidine rings is 1. The van der Waals surface area contributed by atoms with Crippen molar-refractivity contribution in [3.05, 3.63) is 59.0 Å². The number of para-hydroxylation sites is 1. The van der Waals surface area contributed by atoms with Gasteiger partial charge in [-0.2, -0.15) is 0 Å². The quantitative estimate of drug-likeness (QED) is 0.457. The second kappa shape index (κ2) is 8.43. The van der Waals surface area contributed by atoms with Gasteiger partial charge in [-0.15, -0.1) is 11.3 Å². The molecular weight excluding hydrogens is 425 g/mol. The lowest BCUT2D eigenvalue weighted by Crippen LogP contribution is -2.41. The molecule has 32 heavy (non-hydrogen) atoms. The number of thiazole rings is 1. The van der Waals surface area contributed by atoms with Crippen LogP contribution in [0.5, 0.6) is 0 Å². The van der Waals surface area contributed by atoms with E-state index in [1.165, 1.54) is 12.1 Å². The first kappa shape index (κ1) is 20.8. The minimum absolute atomic E-state index is 0.0127. The summed E-state index contributed by atoms with van der Waals surface area (Å²) in [5, 5.41) is 1.69. The van der Waals surface area contributed by atoms with Crippen molar-refractivity contribution in [3.63, 3.8) is 0 Å². The highest BCUT2D eigenvalue weighted by atomic mass is 32.1. The highest BCUT2D eigenvalue weighted by Gasteiger charge is 2.29. The second-order valence-electron chi connectivity index (χ2n) is 8.30. The maximum Gasteiger partial charge on any atom is 0.226 e. The standard InChI is InChI=1S/C24H24FN5OS/c1-15-18-13-17(25)7-8-19(18)28-24(26-15)30-11-9-16(10-12-30)23(31)29(2)14-22-27-20-5-3-4-6-21(20)32-22/h3-8,13,16H,9-12,14H2,1-2H3. The molecule has 0 spiro atoms. The first-order chi connectivity index (χ1) is 15.5. The number of rotatable bonds is 4. The van der Waals surface area contributed by atoms with Gasteiger partial charge in [-0.3, -0.25) is 4.79 Å². The van der Waals surface area contributed by atoms with E-state index in [4.69, 9.17) is 0 Å². The number of nitrogens with zero attached hydrogens (tertiary/aromatic N) is 5. The fourth-order valence-electron chi connectivity index (χ4n) is 4.29. The van der Waals surface area contributed by atoms with Crippen molar-refractivity contribution in [2.24, 2.45) is 5.92 Å². The first-order valence-corrected chi connectivity index (χ1v) is 11.6. The molecule has 1 fully saturated rings. The van der Waals surface area contributed by atoms with Crippen molar-refractivity contribution < 1.29 is 9.18 Å². The summed E-state index contributed by atoms with van der Waals surface area (Å²) in [5.74, 6) is 0.512. The van der Waals surface area contributed by atoms with Crippen LogP contribution >= 0.6 is 11.3 Å². The van der Waals surface area contributed by atoms with Crippen molar-refractivity contribution in [2.45, 2.75) is 26.3 Å². The third kappa shape index (κ3) is 4.02. The Bertz CT molecular complexity index is 1270. The Labute approximate surface area is 189 Å². The molecular formula is C24H24FN5OS. The molecule has 5 rings (SSSR count). The van der Waals surface area contributed by atoms with Gasteiger partial charge < -0.3 is 9.80 Å². The smallest absolute Gasteiger partial charge is 0.226 e. The number of anilines is 1. The fraction of sp³-hybridized carbons (Fsp3) is 0.333. The summed E-state index contributed by atoms with van der Waals surface area (Å²) in [6.07, 6.45) is 1.51. The Morgan fingerprint density at radius 3 is 2.69 bits per heavy atom. The van der Waals surface area contributed by atoms with Crippen LogP contribution in [0.1, 0.15) is 23.5 Å². The van der Waals surface area contributed by atoms with Crippen LogP contribution in [-0.2, 0) is 11.3 Å². The van der Waals surface area contributed by atoms with Gasteiger partial charge in [-0.05, 0) is 50.1 Å². The van der Waals surface area contributed by atoms with E-state index in [0.717, 1.165) is 57.8 Å². The van der Waals surface area contributed by atoms with E-state index in [1.54, 1.807) is 22.3 Å². The number of fused-ring (bicyclic) bond motifs is 2. The molecule has 1 saturated heterocycles. The van der Waals surface area contributed by atoms with Gasteiger partial charge in [0.25, 0.3) is 0 Å². The number of aryl methyl sites for hydroxylation is 1. The predicted molar refractivity (Wildman–Crippen MR) is 125 cm³/mol. The number of amides is 1. The Morgan fingerprint density at radius 2 is 1.91 bits per heavy atom. The molecule has 2 aromatic heterocycles. The SMILES string of the molecule is Cc1nc(N2CCC(C(=O)N(C)Cc3nc4ccccc4s3)CC2)nc2ccc(F)cc12. The third-order valence-corrected chi connectivity index (χ3v) is 7.07. The summed E-state index contributed by atoms with van der Waals surface area (Å²) in [6.45, 7) is 3.84. The molecule has 1 aliphatic heterocycles. The molecule has 0 saturated carbocycles. The van der Waals surface area contributed by atoms with E-state index in [9.17, 15) is 9.18 Å². The van der Waals surface area contributed by atoms with Crippen LogP contribution in [-0.4, -0.2) is 45.9 Å². The molecule has 3 heterocycles. The van der Waals surface area contributed by atoms with Gasteiger partial charge in [0.1, 0.15) is 10.8 Å². The van der Waals surface area contributed by atoms with E-state index in [2.05, 4.69) is 25.9 Å². The fourth-order valence-corrected chi connectivity index (χ4v) is 5.31. The Morgan fingerprint density at radius 1 is 1.12 bits per heavy atom. The maximum absolute atomic E-state index is 13.5. The molecule has 164 valence electrons. The summed E-state index contributed by atoms with van der Waals surface area (Å²) >= 11 is 1.64. The predicted octanol–water partition coefficient (Wildman–Crippen LogP) is 4.56. The molecule has 0 bridgehead atoms. The molecule has 8 heteroatoms. The summed E-state index contributed by atoms with van der Waals surface area (Å²) < 4.78 is 14.7. The normalized spacial score (nSPS) is 14.9. The van der Waals surface area contributed by atoms with Crippen LogP contribution in [0.25, 0.3) is 21.1 Å². The Hall–Kier alpha value is -3.13. The van der Waals surface area contributed by atoms with Crippen LogP contribution in [0.2, 0.25) is 0 Å². The minimum atomic E-state index is -0.286. The zero-order chi connectivity index (χ0) is 22.2. The molecule has 1 amide bonds. The molecule has 0 radical (unpaired) electrons. The van der Waals surface area contributed by atoms with E-state index in [1.807, 2.05) is 32.2 Å². The molecule has 0 N–H and O–H groups in total. The van der Waals surface area contributed by atoms with Gasteiger partial charge in [0.2, 0.25) is 11.9 Å². The molecule has 1 aliphatic rings. The molecule has 0 unspecified atom stereocenters. The lowest BCUT2D eigenvalue weighted by molar-refractivity contribution is -0.135. The molecule has 4 aromatic rings. The van der Waals surface area contributed by atoms with Crippen LogP contribution in [0.15, 0.2) is 42.5 Å². The van der Waals surface area contributed by atoms with Gasteiger partial charge in [0.05, 0.1) is 28.0 Å². The van der Waals surface area contributed by atoms with Gasteiger partial charge in [-0.1, -0.05) is 12.1 Å². The lowest BCUT2D eigenvalue weighted by Gasteiger charge is -2.33. The number of hydrogen-bond acceptors (Lipinski definition) is 6. The molecule has 6 nitrogen and oxygen atoms in total. The number of halogens is 1. The summed E-state index contributed by atoms with van der Waals surface area (Å²) in [5.41, 5.74) is 2.48. The van der Waals surface area contributed by atoms with Crippen molar-refractivity contribution in [2.75, 3.05) is 25.0 Å². The van der Waals surface area contributed by atoms with Gasteiger partial charge in [0.15, 0.2) is 0 Å². The van der Waals surface area contributed by atoms with Crippen molar-refractivity contribution in [1.82, 2.24) is 19.9 Å². The van der Waals surface area contributed by atoms with E-state index in [-0.39, 0.29) is 17.6 Å². The summed E-state index contributed by atoms with van der Waals surface area (Å²) in [4.78, 5) is 30.8. The number of carbonyl (C=O) groups is 1. The number of carbonyl (C=O) groups excluding carboxylic acids is 1. The zero-order valence-corrected chi connectivity index (χ0v) is 18.9. The number of hydrogen-bond donors (Lipinski definition) is 0. The largest absolute Gasteiger partial charge is 0.341 e. The van der Waals surface area contributed by atoms with Crippen molar-refractivity contribution in [1.29, 1.82) is 0 Å².